The molecule has 1 aliphatic heterocycles. The van der Waals surface area contributed by atoms with Gasteiger partial charge in [-0.05, 0) is 25.0 Å². The SMILES string of the molecule is NC(=O)c1ccc([N+](=O)[O-])c(N2CCCC2CC(=O)O)c1. The highest BCUT2D eigenvalue weighted by molar-refractivity contribution is 5.94. The Hall–Kier alpha value is -2.64. The van der Waals surface area contributed by atoms with Crippen LogP contribution in [0, 0.1) is 10.1 Å². The number of aliphatic carboxylic acids is 1. The number of carbonyl (C=O) groups excluding carboxylic acids is 1. The summed E-state index contributed by atoms with van der Waals surface area (Å²) in [5.41, 5.74) is 5.46. The van der Waals surface area contributed by atoms with Crippen molar-refractivity contribution in [1.29, 1.82) is 0 Å². The summed E-state index contributed by atoms with van der Waals surface area (Å²) in [6, 6.07) is 3.57. The van der Waals surface area contributed by atoms with Gasteiger partial charge in [0, 0.05) is 24.2 Å². The van der Waals surface area contributed by atoms with E-state index in [1.165, 1.54) is 18.2 Å². The van der Waals surface area contributed by atoms with Crippen molar-refractivity contribution in [1.82, 2.24) is 0 Å². The minimum Gasteiger partial charge on any atom is -0.481 e. The summed E-state index contributed by atoms with van der Waals surface area (Å²) < 4.78 is 0. The summed E-state index contributed by atoms with van der Waals surface area (Å²) in [7, 11) is 0. The normalized spacial score (nSPS) is 17.7. The molecule has 0 radical (unpaired) electrons. The number of rotatable bonds is 5. The van der Waals surface area contributed by atoms with Crippen molar-refractivity contribution in [3.63, 3.8) is 0 Å². The van der Waals surface area contributed by atoms with E-state index in [-0.39, 0.29) is 29.4 Å². The quantitative estimate of drug-likeness (QED) is 0.619. The Bertz CT molecular complexity index is 601. The average Bonchev–Trinajstić information content (AvgIpc) is 2.84. The first-order chi connectivity index (χ1) is 9.90. The fraction of sp³-hybridized carbons (Fsp3) is 0.385. The number of primary amides is 1. The lowest BCUT2D eigenvalue weighted by molar-refractivity contribution is -0.384. The standard InChI is InChI=1S/C13H15N3O5/c14-13(19)8-3-4-10(16(20)21)11(6-8)15-5-1-2-9(15)7-12(17)18/h3-4,6,9H,1-2,5,7H2,(H2,14,19)(H,17,18). The topological polar surface area (TPSA) is 127 Å². The van der Waals surface area contributed by atoms with Gasteiger partial charge < -0.3 is 15.7 Å². The number of amides is 1. The van der Waals surface area contributed by atoms with Crippen molar-refractivity contribution in [3.05, 3.63) is 33.9 Å². The van der Waals surface area contributed by atoms with E-state index >= 15 is 0 Å². The molecule has 0 aromatic heterocycles. The first-order valence-corrected chi connectivity index (χ1v) is 6.47. The average molecular weight is 293 g/mol. The maximum Gasteiger partial charge on any atom is 0.305 e. The van der Waals surface area contributed by atoms with Gasteiger partial charge in [0.05, 0.1) is 11.3 Å². The zero-order chi connectivity index (χ0) is 15.6. The molecule has 3 N–H and O–H groups in total. The van der Waals surface area contributed by atoms with Gasteiger partial charge in [0.15, 0.2) is 0 Å². The second-order valence-electron chi connectivity index (χ2n) is 4.91. The number of carboxylic acid groups (broad SMARTS) is 1. The molecule has 112 valence electrons. The lowest BCUT2D eigenvalue weighted by atomic mass is 10.1. The molecule has 1 unspecified atom stereocenters. The molecule has 0 saturated carbocycles. The summed E-state index contributed by atoms with van der Waals surface area (Å²) in [4.78, 5) is 34.4. The molecule has 21 heavy (non-hydrogen) atoms. The molecule has 8 heteroatoms. The first kappa shape index (κ1) is 14.8. The Morgan fingerprint density at radius 1 is 1.48 bits per heavy atom. The highest BCUT2D eigenvalue weighted by atomic mass is 16.6. The number of carbonyl (C=O) groups is 2. The van der Waals surface area contributed by atoms with Crippen molar-refractivity contribution in [2.75, 3.05) is 11.4 Å². The molecule has 1 aromatic carbocycles. The highest BCUT2D eigenvalue weighted by Crippen LogP contribution is 2.35. The van der Waals surface area contributed by atoms with Crippen molar-refractivity contribution >= 4 is 23.3 Å². The van der Waals surface area contributed by atoms with Crippen LogP contribution in [0.3, 0.4) is 0 Å². The highest BCUT2D eigenvalue weighted by Gasteiger charge is 2.31. The van der Waals surface area contributed by atoms with Crippen molar-refractivity contribution in [3.8, 4) is 0 Å². The van der Waals surface area contributed by atoms with Crippen LogP contribution in [0.5, 0.6) is 0 Å². The molecule has 0 bridgehead atoms. The van der Waals surface area contributed by atoms with Crippen LogP contribution in [0.15, 0.2) is 18.2 Å². The van der Waals surface area contributed by atoms with Crippen LogP contribution in [0.4, 0.5) is 11.4 Å². The van der Waals surface area contributed by atoms with Crippen LogP contribution in [0.2, 0.25) is 0 Å². The Morgan fingerprint density at radius 2 is 2.19 bits per heavy atom. The van der Waals surface area contributed by atoms with Gasteiger partial charge in [-0.25, -0.2) is 0 Å². The van der Waals surface area contributed by atoms with Gasteiger partial charge in [0.25, 0.3) is 5.69 Å². The molecule has 2 rings (SSSR count). The van der Waals surface area contributed by atoms with Crippen LogP contribution < -0.4 is 10.6 Å². The van der Waals surface area contributed by atoms with E-state index in [1.54, 1.807) is 4.90 Å². The fourth-order valence-electron chi connectivity index (χ4n) is 2.63. The minimum atomic E-state index is -0.958. The van der Waals surface area contributed by atoms with Crippen LogP contribution in [-0.4, -0.2) is 34.5 Å². The zero-order valence-corrected chi connectivity index (χ0v) is 11.2. The van der Waals surface area contributed by atoms with Gasteiger partial charge in [0.1, 0.15) is 5.69 Å². The third kappa shape index (κ3) is 3.10. The van der Waals surface area contributed by atoms with Gasteiger partial charge in [-0.1, -0.05) is 0 Å². The molecule has 1 amide bonds. The van der Waals surface area contributed by atoms with Gasteiger partial charge in [-0.3, -0.25) is 19.7 Å². The number of nitro benzene ring substituents is 1. The smallest absolute Gasteiger partial charge is 0.305 e. The summed E-state index contributed by atoms with van der Waals surface area (Å²) in [6.07, 6.45) is 1.29. The third-order valence-electron chi connectivity index (χ3n) is 3.55. The van der Waals surface area contributed by atoms with Gasteiger partial charge in [-0.2, -0.15) is 0 Å². The van der Waals surface area contributed by atoms with E-state index in [9.17, 15) is 19.7 Å². The third-order valence-corrected chi connectivity index (χ3v) is 3.55. The van der Waals surface area contributed by atoms with E-state index < -0.39 is 16.8 Å². The largest absolute Gasteiger partial charge is 0.481 e. The summed E-state index contributed by atoms with van der Waals surface area (Å²) >= 11 is 0. The zero-order valence-electron chi connectivity index (χ0n) is 11.2. The maximum atomic E-state index is 11.2. The Balaban J connectivity index is 2.44. The number of nitrogens with two attached hydrogens (primary N) is 1. The molecule has 0 aliphatic carbocycles. The van der Waals surface area contributed by atoms with Crippen LogP contribution >= 0.6 is 0 Å². The lowest BCUT2D eigenvalue weighted by Gasteiger charge is -2.25. The molecule has 1 fully saturated rings. The second-order valence-corrected chi connectivity index (χ2v) is 4.91. The molecular weight excluding hydrogens is 278 g/mol. The molecule has 1 aliphatic rings. The van der Waals surface area contributed by atoms with Crippen LogP contribution in [0.25, 0.3) is 0 Å². The molecular formula is C13H15N3O5. The number of anilines is 1. The molecule has 1 heterocycles. The molecule has 0 spiro atoms. The molecule has 1 aromatic rings. The number of benzene rings is 1. The predicted molar refractivity (Wildman–Crippen MR) is 74.2 cm³/mol. The maximum absolute atomic E-state index is 11.2. The number of hydrogen-bond acceptors (Lipinski definition) is 5. The Morgan fingerprint density at radius 3 is 2.76 bits per heavy atom. The van der Waals surface area contributed by atoms with Gasteiger partial charge >= 0.3 is 5.97 Å². The number of nitro groups is 1. The fourth-order valence-corrected chi connectivity index (χ4v) is 2.63. The summed E-state index contributed by atoms with van der Waals surface area (Å²) in [5, 5.41) is 20.1. The first-order valence-electron chi connectivity index (χ1n) is 6.47. The van der Waals surface area contributed by atoms with Crippen LogP contribution in [-0.2, 0) is 4.79 Å². The number of carboxylic acids is 1. The van der Waals surface area contributed by atoms with E-state index in [2.05, 4.69) is 0 Å². The molecule has 1 atom stereocenters. The van der Waals surface area contributed by atoms with E-state index in [0.717, 1.165) is 6.42 Å². The molecule has 8 nitrogen and oxygen atoms in total. The number of hydrogen-bond donors (Lipinski definition) is 2. The minimum absolute atomic E-state index is 0.0993. The predicted octanol–water partition coefficient (Wildman–Crippen LogP) is 1.14. The summed E-state index contributed by atoms with van der Waals surface area (Å²) in [5.74, 6) is -1.64. The van der Waals surface area contributed by atoms with Gasteiger partial charge in [-0.15, -0.1) is 0 Å². The summed E-state index contributed by atoms with van der Waals surface area (Å²) in [6.45, 7) is 0.515. The second kappa shape index (κ2) is 5.78. The Labute approximate surface area is 120 Å². The van der Waals surface area contributed by atoms with E-state index in [4.69, 9.17) is 10.8 Å². The van der Waals surface area contributed by atoms with Crippen molar-refractivity contribution in [2.45, 2.75) is 25.3 Å². The van der Waals surface area contributed by atoms with E-state index in [0.29, 0.717) is 13.0 Å². The lowest BCUT2D eigenvalue weighted by Crippen LogP contribution is -2.32. The van der Waals surface area contributed by atoms with Gasteiger partial charge in [0.2, 0.25) is 5.91 Å². The number of nitrogens with zero attached hydrogens (tertiary/aromatic N) is 2. The van der Waals surface area contributed by atoms with Crippen molar-refractivity contribution in [2.24, 2.45) is 5.73 Å². The van der Waals surface area contributed by atoms with E-state index in [1.807, 2.05) is 0 Å². The molecule has 1 saturated heterocycles. The monoisotopic (exact) mass is 293 g/mol. The van der Waals surface area contributed by atoms with Crippen molar-refractivity contribution < 1.29 is 19.6 Å². The van der Waals surface area contributed by atoms with Crippen LogP contribution in [0.1, 0.15) is 29.6 Å². The Kier molecular flexibility index (Phi) is 4.06.